The number of amides is 2. The second-order valence-electron chi connectivity index (χ2n) is 12.2. The summed E-state index contributed by atoms with van der Waals surface area (Å²) < 4.78 is 5.45. The van der Waals surface area contributed by atoms with Crippen molar-refractivity contribution in [1.82, 2.24) is 9.88 Å². The lowest BCUT2D eigenvalue weighted by atomic mass is 10.0. The first kappa shape index (κ1) is 28.0. The number of aromatic amines is 1. The number of aryl methyl sites for hydroxylation is 1. The van der Waals surface area contributed by atoms with Crippen LogP contribution in [0.25, 0.3) is 10.9 Å². The van der Waals surface area contributed by atoms with Gasteiger partial charge in [0.25, 0.3) is 0 Å². The first-order valence-corrected chi connectivity index (χ1v) is 14.9. The molecule has 1 aliphatic carbocycles. The maximum atomic E-state index is 13.9. The van der Waals surface area contributed by atoms with E-state index >= 15 is 0 Å². The summed E-state index contributed by atoms with van der Waals surface area (Å²) in [6.45, 7) is 10.2. The van der Waals surface area contributed by atoms with E-state index < -0.39 is 0 Å². The number of hydrogen-bond donors (Lipinski definition) is 2. The van der Waals surface area contributed by atoms with E-state index in [1.807, 2.05) is 60.7 Å². The van der Waals surface area contributed by atoms with Crippen LogP contribution in [0.2, 0.25) is 0 Å². The van der Waals surface area contributed by atoms with Crippen molar-refractivity contribution in [3.05, 3.63) is 95.7 Å². The maximum Gasteiger partial charge on any atom is 0.244 e. The predicted molar refractivity (Wildman–Crippen MR) is 168 cm³/mol. The van der Waals surface area contributed by atoms with E-state index in [0.717, 1.165) is 48.8 Å². The average molecular weight is 565 g/mol. The number of para-hydroxylation sites is 1. The fraction of sp³-hybridized carbons (Fsp3) is 0.371. The van der Waals surface area contributed by atoms with Gasteiger partial charge in [-0.2, -0.15) is 0 Å². The van der Waals surface area contributed by atoms with Crippen molar-refractivity contribution in [2.24, 2.45) is 11.3 Å². The molecule has 7 heteroatoms. The number of anilines is 2. The van der Waals surface area contributed by atoms with Crippen molar-refractivity contribution in [2.75, 3.05) is 43.1 Å². The molecule has 6 rings (SSSR count). The van der Waals surface area contributed by atoms with Gasteiger partial charge in [-0.1, -0.05) is 62.4 Å². The summed E-state index contributed by atoms with van der Waals surface area (Å²) in [4.78, 5) is 34.6. The van der Waals surface area contributed by atoms with E-state index in [9.17, 15) is 9.59 Å². The van der Waals surface area contributed by atoms with Gasteiger partial charge < -0.3 is 24.8 Å². The fourth-order valence-corrected chi connectivity index (χ4v) is 6.70. The average Bonchev–Trinajstić information content (AvgIpc) is 3.34. The van der Waals surface area contributed by atoms with Gasteiger partial charge in [-0.05, 0) is 65.6 Å². The van der Waals surface area contributed by atoms with Crippen LogP contribution in [-0.4, -0.2) is 54.5 Å². The number of hydrogen-bond acceptors (Lipinski definition) is 4. The smallest absolute Gasteiger partial charge is 0.244 e. The second-order valence-corrected chi connectivity index (χ2v) is 12.2. The third-order valence-corrected chi connectivity index (χ3v) is 9.13. The molecule has 1 aliphatic heterocycles. The fourth-order valence-electron chi connectivity index (χ4n) is 6.70. The van der Waals surface area contributed by atoms with Gasteiger partial charge in [0.05, 0.1) is 13.2 Å². The molecule has 2 heterocycles. The molecule has 2 amide bonds. The van der Waals surface area contributed by atoms with Gasteiger partial charge in [0.1, 0.15) is 6.54 Å². The summed E-state index contributed by atoms with van der Waals surface area (Å²) in [5, 5.41) is 4.25. The Hall–Kier alpha value is -4.10. The molecule has 1 aromatic heterocycles. The summed E-state index contributed by atoms with van der Waals surface area (Å²) in [7, 11) is 0. The number of carbonyl (C=O) groups excluding carboxylic acids is 2. The Bertz CT molecular complexity index is 1550. The molecule has 4 aromatic rings. The molecule has 2 atom stereocenters. The molecular formula is C35H40N4O3. The van der Waals surface area contributed by atoms with Crippen LogP contribution in [0.15, 0.2) is 78.9 Å². The van der Waals surface area contributed by atoms with Gasteiger partial charge in [-0.25, -0.2) is 0 Å². The highest BCUT2D eigenvalue weighted by Crippen LogP contribution is 2.67. The number of nitrogens with zero attached hydrogens (tertiary/aromatic N) is 2. The molecule has 1 saturated carbocycles. The van der Waals surface area contributed by atoms with Crippen LogP contribution >= 0.6 is 0 Å². The number of morpholine rings is 1. The Kier molecular flexibility index (Phi) is 7.78. The zero-order chi connectivity index (χ0) is 29.3. The first-order valence-electron chi connectivity index (χ1n) is 14.9. The topological polar surface area (TPSA) is 77.7 Å². The maximum absolute atomic E-state index is 13.9. The van der Waals surface area contributed by atoms with Crippen LogP contribution in [0.1, 0.15) is 43.0 Å². The van der Waals surface area contributed by atoms with Crippen LogP contribution in [0.5, 0.6) is 0 Å². The van der Waals surface area contributed by atoms with Gasteiger partial charge in [0.15, 0.2) is 0 Å². The van der Waals surface area contributed by atoms with Crippen LogP contribution in [0.3, 0.4) is 0 Å². The normalized spacial score (nSPS) is 19.5. The van der Waals surface area contributed by atoms with Crippen molar-refractivity contribution in [2.45, 2.75) is 39.7 Å². The lowest BCUT2D eigenvalue weighted by molar-refractivity contribution is -0.135. The molecular weight excluding hydrogens is 524 g/mol. The van der Waals surface area contributed by atoms with E-state index in [2.05, 4.69) is 54.2 Å². The predicted octanol–water partition coefficient (Wildman–Crippen LogP) is 6.11. The minimum Gasteiger partial charge on any atom is -0.378 e. The SMILES string of the molecule is Cc1[nH]c2ccccc2c1[C@@H]1[C@H](CC(=O)N(CC(=O)Nc2ccc(N3CCOCC3)cc2)Cc2ccccc2)C1(C)C. The van der Waals surface area contributed by atoms with E-state index in [1.54, 1.807) is 4.90 Å². The van der Waals surface area contributed by atoms with E-state index in [0.29, 0.717) is 13.0 Å². The van der Waals surface area contributed by atoms with Crippen molar-refractivity contribution in [3.8, 4) is 0 Å². The van der Waals surface area contributed by atoms with Gasteiger partial charge in [0, 0.05) is 54.0 Å². The molecule has 3 aromatic carbocycles. The number of rotatable bonds is 9. The number of ether oxygens (including phenoxy) is 1. The van der Waals surface area contributed by atoms with Gasteiger partial charge in [0.2, 0.25) is 11.8 Å². The molecule has 0 radical (unpaired) electrons. The third-order valence-electron chi connectivity index (χ3n) is 9.13. The molecule has 2 N–H and O–H groups in total. The summed E-state index contributed by atoms with van der Waals surface area (Å²) in [5.41, 5.74) is 6.47. The highest BCUT2D eigenvalue weighted by molar-refractivity contribution is 5.95. The lowest BCUT2D eigenvalue weighted by Crippen LogP contribution is -2.38. The molecule has 42 heavy (non-hydrogen) atoms. The molecule has 0 unspecified atom stereocenters. The summed E-state index contributed by atoms with van der Waals surface area (Å²) in [6.07, 6.45) is 0.408. The Morgan fingerprint density at radius 3 is 2.40 bits per heavy atom. The van der Waals surface area contributed by atoms with Crippen LogP contribution in [0, 0.1) is 18.3 Å². The lowest BCUT2D eigenvalue weighted by Gasteiger charge is -2.29. The molecule has 218 valence electrons. The molecule has 0 bridgehead atoms. The second kappa shape index (κ2) is 11.6. The Labute approximate surface area is 247 Å². The number of aromatic nitrogens is 1. The molecule has 0 spiro atoms. The summed E-state index contributed by atoms with van der Waals surface area (Å²) >= 11 is 0. The molecule has 7 nitrogen and oxygen atoms in total. The number of benzene rings is 3. The van der Waals surface area contributed by atoms with E-state index in [1.165, 1.54) is 16.6 Å². The number of carbonyl (C=O) groups is 2. The molecule has 2 aliphatic rings. The largest absolute Gasteiger partial charge is 0.378 e. The van der Waals surface area contributed by atoms with E-state index in [4.69, 9.17) is 4.74 Å². The zero-order valence-electron chi connectivity index (χ0n) is 24.7. The zero-order valence-corrected chi connectivity index (χ0v) is 24.7. The molecule has 1 saturated heterocycles. The Morgan fingerprint density at radius 1 is 0.976 bits per heavy atom. The van der Waals surface area contributed by atoms with Gasteiger partial charge >= 0.3 is 0 Å². The van der Waals surface area contributed by atoms with Crippen molar-refractivity contribution in [1.29, 1.82) is 0 Å². The van der Waals surface area contributed by atoms with Crippen LogP contribution in [-0.2, 0) is 20.9 Å². The van der Waals surface area contributed by atoms with Crippen molar-refractivity contribution >= 4 is 34.1 Å². The van der Waals surface area contributed by atoms with Crippen molar-refractivity contribution in [3.63, 3.8) is 0 Å². The van der Waals surface area contributed by atoms with Crippen LogP contribution < -0.4 is 10.2 Å². The summed E-state index contributed by atoms with van der Waals surface area (Å²) in [6, 6.07) is 26.2. The number of fused-ring (bicyclic) bond motifs is 1. The summed E-state index contributed by atoms with van der Waals surface area (Å²) in [5.74, 6) is 0.305. The monoisotopic (exact) mass is 564 g/mol. The molecule has 2 fully saturated rings. The minimum absolute atomic E-state index is 0.00285. The highest BCUT2D eigenvalue weighted by atomic mass is 16.5. The van der Waals surface area contributed by atoms with Crippen molar-refractivity contribution < 1.29 is 14.3 Å². The van der Waals surface area contributed by atoms with Crippen LogP contribution in [0.4, 0.5) is 11.4 Å². The Balaban J connectivity index is 1.15. The quantitative estimate of drug-likeness (QED) is 0.257. The first-order chi connectivity index (χ1) is 20.3. The standard InChI is InChI=1S/C35H40N4O3/c1-24-33(28-11-7-8-12-30(28)36-24)34-29(35(34,2)3)21-32(41)39(22-25-9-5-4-6-10-25)23-31(40)37-26-13-15-27(16-14-26)38-17-19-42-20-18-38/h4-16,29,34,36H,17-23H2,1-3H3,(H,37,40)/t29-,34-/m0/s1. The highest BCUT2D eigenvalue weighted by Gasteiger charge is 2.59. The van der Waals surface area contributed by atoms with Gasteiger partial charge in [-0.15, -0.1) is 0 Å². The third kappa shape index (κ3) is 5.79. The number of nitrogens with one attached hydrogen (secondary N) is 2. The number of H-pyrrole nitrogens is 1. The van der Waals surface area contributed by atoms with E-state index in [-0.39, 0.29) is 35.6 Å². The van der Waals surface area contributed by atoms with Gasteiger partial charge in [-0.3, -0.25) is 9.59 Å². The minimum atomic E-state index is -0.197. The Morgan fingerprint density at radius 2 is 1.67 bits per heavy atom.